The van der Waals surface area contributed by atoms with Crippen LogP contribution in [0.1, 0.15) is 28.2 Å². The minimum atomic E-state index is -0.301. The van der Waals surface area contributed by atoms with E-state index in [2.05, 4.69) is 17.1 Å². The van der Waals surface area contributed by atoms with E-state index in [1.165, 1.54) is 0 Å². The average molecular weight is 240 g/mol. The molecule has 1 N–H and O–H groups in total. The maximum atomic E-state index is 9.43. The number of H-pyrrole nitrogens is 1. The van der Waals surface area contributed by atoms with E-state index in [0.717, 1.165) is 28.0 Å². The Labute approximate surface area is 107 Å². The molecule has 0 fully saturated rings. The van der Waals surface area contributed by atoms with Gasteiger partial charge in [0.1, 0.15) is 11.7 Å². The number of methoxy groups -OCH3 is 1. The Morgan fingerprint density at radius 2 is 2.11 bits per heavy atom. The smallest absolute Gasteiger partial charge is 0.126 e. The fourth-order valence-corrected chi connectivity index (χ4v) is 2.32. The SMILES string of the molecule is COc1c(C)cc(C)cc1C(C#N)c1cc[nH]c1. The minimum absolute atomic E-state index is 0.301. The summed E-state index contributed by atoms with van der Waals surface area (Å²) in [6, 6.07) is 8.36. The molecule has 1 atom stereocenters. The molecule has 2 rings (SSSR count). The van der Waals surface area contributed by atoms with Crippen LogP contribution in [-0.4, -0.2) is 12.1 Å². The first-order chi connectivity index (χ1) is 8.67. The zero-order valence-corrected chi connectivity index (χ0v) is 10.8. The maximum Gasteiger partial charge on any atom is 0.126 e. The van der Waals surface area contributed by atoms with Crippen LogP contribution in [0.5, 0.6) is 5.75 Å². The second kappa shape index (κ2) is 4.97. The van der Waals surface area contributed by atoms with Crippen molar-refractivity contribution < 1.29 is 4.74 Å². The molecule has 1 aromatic carbocycles. The lowest BCUT2D eigenvalue weighted by molar-refractivity contribution is 0.406. The van der Waals surface area contributed by atoms with E-state index >= 15 is 0 Å². The highest BCUT2D eigenvalue weighted by Gasteiger charge is 2.20. The van der Waals surface area contributed by atoms with Gasteiger partial charge in [-0.1, -0.05) is 17.7 Å². The van der Waals surface area contributed by atoms with Crippen molar-refractivity contribution in [2.75, 3.05) is 7.11 Å². The van der Waals surface area contributed by atoms with E-state index in [0.29, 0.717) is 0 Å². The zero-order valence-electron chi connectivity index (χ0n) is 10.8. The summed E-state index contributed by atoms with van der Waals surface area (Å²) in [6.45, 7) is 4.03. The topological polar surface area (TPSA) is 48.8 Å². The van der Waals surface area contributed by atoms with Crippen molar-refractivity contribution in [3.8, 4) is 11.8 Å². The summed E-state index contributed by atoms with van der Waals surface area (Å²) >= 11 is 0. The molecule has 0 saturated carbocycles. The first kappa shape index (κ1) is 12.3. The van der Waals surface area contributed by atoms with E-state index in [-0.39, 0.29) is 5.92 Å². The summed E-state index contributed by atoms with van der Waals surface area (Å²) in [4.78, 5) is 2.99. The van der Waals surface area contributed by atoms with Crippen LogP contribution in [0.4, 0.5) is 0 Å². The highest BCUT2D eigenvalue weighted by Crippen LogP contribution is 2.34. The standard InChI is InChI=1S/C15H16N2O/c1-10-6-11(2)15(18-3)13(7-10)14(8-16)12-4-5-17-9-12/h4-7,9,14,17H,1-3H3. The van der Waals surface area contributed by atoms with Crippen LogP contribution in [0, 0.1) is 25.2 Å². The first-order valence-electron chi connectivity index (χ1n) is 5.84. The number of ether oxygens (including phenoxy) is 1. The Hall–Kier alpha value is -2.21. The molecule has 2 aromatic rings. The number of aromatic nitrogens is 1. The van der Waals surface area contributed by atoms with Crippen molar-refractivity contribution >= 4 is 0 Å². The van der Waals surface area contributed by atoms with Gasteiger partial charge in [-0.3, -0.25) is 0 Å². The zero-order chi connectivity index (χ0) is 13.1. The number of nitrogens with one attached hydrogen (secondary N) is 1. The van der Waals surface area contributed by atoms with Gasteiger partial charge < -0.3 is 9.72 Å². The lowest BCUT2D eigenvalue weighted by atomic mass is 9.91. The van der Waals surface area contributed by atoms with Crippen molar-refractivity contribution in [3.05, 3.63) is 52.8 Å². The molecule has 0 aliphatic heterocycles. The largest absolute Gasteiger partial charge is 0.496 e. The molecule has 0 amide bonds. The summed E-state index contributed by atoms with van der Waals surface area (Å²) in [5, 5.41) is 9.43. The van der Waals surface area contributed by atoms with Gasteiger partial charge >= 0.3 is 0 Å². The predicted octanol–water partition coefficient (Wildman–Crippen LogP) is 3.30. The molecule has 3 heteroatoms. The molecule has 1 aromatic heterocycles. The fraction of sp³-hybridized carbons (Fsp3) is 0.267. The number of nitrogens with zero attached hydrogens (tertiary/aromatic N) is 1. The molecular formula is C15H16N2O. The van der Waals surface area contributed by atoms with Gasteiger partial charge in [0, 0.05) is 18.0 Å². The van der Waals surface area contributed by atoms with E-state index in [4.69, 9.17) is 4.74 Å². The molecule has 1 unspecified atom stereocenters. The Bertz CT molecular complexity index is 579. The van der Waals surface area contributed by atoms with Crippen molar-refractivity contribution in [2.45, 2.75) is 19.8 Å². The first-order valence-corrected chi connectivity index (χ1v) is 5.84. The lowest BCUT2D eigenvalue weighted by Crippen LogP contribution is -2.02. The van der Waals surface area contributed by atoms with Crippen LogP contribution in [0.25, 0.3) is 0 Å². The quantitative estimate of drug-likeness (QED) is 0.894. The average Bonchev–Trinajstić information content (AvgIpc) is 2.83. The highest BCUT2D eigenvalue weighted by atomic mass is 16.5. The monoisotopic (exact) mass is 240 g/mol. The van der Waals surface area contributed by atoms with Gasteiger partial charge in [-0.15, -0.1) is 0 Å². The van der Waals surface area contributed by atoms with Crippen LogP contribution in [0.2, 0.25) is 0 Å². The third-order valence-electron chi connectivity index (χ3n) is 3.05. The summed E-state index contributed by atoms with van der Waals surface area (Å²) in [7, 11) is 1.65. The van der Waals surface area contributed by atoms with E-state index in [1.54, 1.807) is 7.11 Å². The summed E-state index contributed by atoms with van der Waals surface area (Å²) in [5.74, 6) is 0.498. The van der Waals surface area contributed by atoms with Gasteiger partial charge in [0.25, 0.3) is 0 Å². The van der Waals surface area contributed by atoms with Crippen LogP contribution < -0.4 is 4.74 Å². The number of aromatic amines is 1. The van der Waals surface area contributed by atoms with E-state index in [9.17, 15) is 5.26 Å². The number of hydrogen-bond donors (Lipinski definition) is 1. The van der Waals surface area contributed by atoms with Gasteiger partial charge in [-0.25, -0.2) is 0 Å². The van der Waals surface area contributed by atoms with Gasteiger partial charge in [0.15, 0.2) is 0 Å². The van der Waals surface area contributed by atoms with Gasteiger partial charge in [-0.2, -0.15) is 5.26 Å². The molecule has 0 bridgehead atoms. The number of benzene rings is 1. The molecule has 18 heavy (non-hydrogen) atoms. The van der Waals surface area contributed by atoms with Crippen LogP contribution in [-0.2, 0) is 0 Å². The lowest BCUT2D eigenvalue weighted by Gasteiger charge is -2.16. The normalized spacial score (nSPS) is 11.9. The van der Waals surface area contributed by atoms with E-state index in [1.807, 2.05) is 38.4 Å². The molecule has 92 valence electrons. The van der Waals surface area contributed by atoms with Gasteiger partial charge in [0.2, 0.25) is 0 Å². The van der Waals surface area contributed by atoms with Gasteiger partial charge in [0.05, 0.1) is 13.2 Å². The van der Waals surface area contributed by atoms with Gasteiger partial charge in [-0.05, 0) is 31.0 Å². The van der Waals surface area contributed by atoms with Crippen molar-refractivity contribution in [3.63, 3.8) is 0 Å². The fourth-order valence-electron chi connectivity index (χ4n) is 2.32. The second-order valence-corrected chi connectivity index (χ2v) is 4.41. The Morgan fingerprint density at radius 3 is 2.67 bits per heavy atom. The number of nitriles is 1. The molecule has 3 nitrogen and oxygen atoms in total. The molecule has 0 spiro atoms. The Morgan fingerprint density at radius 1 is 1.33 bits per heavy atom. The molecule has 0 saturated heterocycles. The van der Waals surface area contributed by atoms with Crippen molar-refractivity contribution in [1.82, 2.24) is 4.98 Å². The second-order valence-electron chi connectivity index (χ2n) is 4.41. The molecule has 0 radical (unpaired) electrons. The summed E-state index contributed by atoms with van der Waals surface area (Å²) in [5.41, 5.74) is 4.08. The summed E-state index contributed by atoms with van der Waals surface area (Å²) in [6.07, 6.45) is 3.68. The van der Waals surface area contributed by atoms with Crippen molar-refractivity contribution in [2.24, 2.45) is 0 Å². The van der Waals surface area contributed by atoms with Crippen LogP contribution in [0.15, 0.2) is 30.6 Å². The number of aryl methyl sites for hydroxylation is 2. The third kappa shape index (κ3) is 2.10. The molecule has 1 heterocycles. The molecule has 0 aliphatic rings. The summed E-state index contributed by atoms with van der Waals surface area (Å²) < 4.78 is 5.45. The maximum absolute atomic E-state index is 9.43. The van der Waals surface area contributed by atoms with Crippen LogP contribution >= 0.6 is 0 Å². The third-order valence-corrected chi connectivity index (χ3v) is 3.05. The number of hydrogen-bond acceptors (Lipinski definition) is 2. The van der Waals surface area contributed by atoms with Crippen LogP contribution in [0.3, 0.4) is 0 Å². The number of rotatable bonds is 3. The minimum Gasteiger partial charge on any atom is -0.496 e. The predicted molar refractivity (Wildman–Crippen MR) is 70.7 cm³/mol. The molecular weight excluding hydrogens is 224 g/mol. The Kier molecular flexibility index (Phi) is 3.38. The molecule has 0 aliphatic carbocycles. The van der Waals surface area contributed by atoms with E-state index < -0.39 is 0 Å². The van der Waals surface area contributed by atoms with Crippen molar-refractivity contribution in [1.29, 1.82) is 5.26 Å². The Balaban J connectivity index is 2.59. The highest BCUT2D eigenvalue weighted by molar-refractivity contribution is 5.51.